The predicted octanol–water partition coefficient (Wildman–Crippen LogP) is 6.52. The van der Waals surface area contributed by atoms with Gasteiger partial charge >= 0.3 is 0 Å². The number of thioether (sulfide) groups is 1. The van der Waals surface area contributed by atoms with E-state index in [1.807, 2.05) is 114 Å². The van der Waals surface area contributed by atoms with Crippen LogP contribution in [0.3, 0.4) is 0 Å². The van der Waals surface area contributed by atoms with E-state index in [9.17, 15) is 4.79 Å². The SMILES string of the molecule is O=C(CSc1nnc(-c2ccc(Br)cc2)n1-c1ccccc1)N/N=C\c1ccc(OCc2ccccc2)cc1. The second-order valence-electron chi connectivity index (χ2n) is 8.41. The Morgan fingerprint density at radius 1 is 0.897 bits per heavy atom. The van der Waals surface area contributed by atoms with Crippen molar-refractivity contribution in [2.24, 2.45) is 5.10 Å². The number of nitrogens with zero attached hydrogens (tertiary/aromatic N) is 4. The van der Waals surface area contributed by atoms with Crippen molar-refractivity contribution < 1.29 is 9.53 Å². The molecule has 1 N–H and O–H groups in total. The second kappa shape index (κ2) is 13.0. The average Bonchev–Trinajstić information content (AvgIpc) is 3.41. The summed E-state index contributed by atoms with van der Waals surface area (Å²) in [6.45, 7) is 0.505. The number of hydrogen-bond acceptors (Lipinski definition) is 6. The Hall–Kier alpha value is -4.21. The number of benzene rings is 4. The first-order valence-electron chi connectivity index (χ1n) is 12.1. The highest BCUT2D eigenvalue weighted by atomic mass is 79.9. The summed E-state index contributed by atoms with van der Waals surface area (Å²) in [7, 11) is 0. The number of amides is 1. The van der Waals surface area contributed by atoms with Gasteiger partial charge in [-0.25, -0.2) is 5.43 Å². The first-order chi connectivity index (χ1) is 19.2. The normalized spacial score (nSPS) is 11.0. The van der Waals surface area contributed by atoms with E-state index >= 15 is 0 Å². The monoisotopic (exact) mass is 597 g/mol. The number of para-hydroxylation sites is 1. The lowest BCUT2D eigenvalue weighted by Gasteiger charge is -2.10. The molecule has 0 aliphatic heterocycles. The van der Waals surface area contributed by atoms with Crippen molar-refractivity contribution in [2.75, 3.05) is 5.75 Å². The van der Waals surface area contributed by atoms with Gasteiger partial charge in [0, 0.05) is 15.7 Å². The maximum atomic E-state index is 12.5. The highest BCUT2D eigenvalue weighted by Gasteiger charge is 2.17. The van der Waals surface area contributed by atoms with Gasteiger partial charge in [-0.05, 0) is 59.7 Å². The molecule has 7 nitrogen and oxygen atoms in total. The Morgan fingerprint density at radius 2 is 1.59 bits per heavy atom. The number of hydrazone groups is 1. The number of ether oxygens (including phenoxy) is 1. The van der Waals surface area contributed by atoms with E-state index in [-0.39, 0.29) is 11.7 Å². The van der Waals surface area contributed by atoms with Gasteiger partial charge in [-0.15, -0.1) is 10.2 Å². The zero-order valence-corrected chi connectivity index (χ0v) is 23.2. The van der Waals surface area contributed by atoms with Crippen LogP contribution >= 0.6 is 27.7 Å². The van der Waals surface area contributed by atoms with Crippen molar-refractivity contribution in [1.29, 1.82) is 0 Å². The molecule has 0 saturated heterocycles. The van der Waals surface area contributed by atoms with E-state index in [1.165, 1.54) is 11.8 Å². The quantitative estimate of drug-likeness (QED) is 0.113. The van der Waals surface area contributed by atoms with Crippen LogP contribution in [-0.2, 0) is 11.4 Å². The molecule has 1 aromatic heterocycles. The van der Waals surface area contributed by atoms with Crippen LogP contribution in [0.4, 0.5) is 0 Å². The molecule has 0 unspecified atom stereocenters. The summed E-state index contributed by atoms with van der Waals surface area (Å²) in [6, 6.07) is 35.2. The molecule has 5 aromatic rings. The van der Waals surface area contributed by atoms with Gasteiger partial charge in [-0.1, -0.05) is 88.4 Å². The largest absolute Gasteiger partial charge is 0.489 e. The summed E-state index contributed by atoms with van der Waals surface area (Å²) < 4.78 is 8.74. The highest BCUT2D eigenvalue weighted by molar-refractivity contribution is 9.10. The number of nitrogens with one attached hydrogen (secondary N) is 1. The highest BCUT2D eigenvalue weighted by Crippen LogP contribution is 2.28. The number of halogens is 1. The van der Waals surface area contributed by atoms with Gasteiger partial charge in [0.25, 0.3) is 5.91 Å². The zero-order valence-electron chi connectivity index (χ0n) is 20.8. The number of aromatic nitrogens is 3. The van der Waals surface area contributed by atoms with Crippen molar-refractivity contribution in [2.45, 2.75) is 11.8 Å². The van der Waals surface area contributed by atoms with Crippen LogP contribution in [0.1, 0.15) is 11.1 Å². The second-order valence-corrected chi connectivity index (χ2v) is 10.3. The van der Waals surface area contributed by atoms with Gasteiger partial charge in [0.05, 0.1) is 12.0 Å². The minimum absolute atomic E-state index is 0.134. The van der Waals surface area contributed by atoms with Crippen LogP contribution in [-0.4, -0.2) is 32.6 Å². The molecule has 1 amide bonds. The van der Waals surface area contributed by atoms with Crippen molar-refractivity contribution in [1.82, 2.24) is 20.2 Å². The molecule has 1 heterocycles. The van der Waals surface area contributed by atoms with Crippen molar-refractivity contribution in [3.8, 4) is 22.8 Å². The number of hydrogen-bond donors (Lipinski definition) is 1. The van der Waals surface area contributed by atoms with E-state index < -0.39 is 0 Å². The first-order valence-corrected chi connectivity index (χ1v) is 13.9. The minimum Gasteiger partial charge on any atom is -0.489 e. The van der Waals surface area contributed by atoms with Gasteiger partial charge < -0.3 is 4.74 Å². The van der Waals surface area contributed by atoms with Crippen LogP contribution in [0.2, 0.25) is 0 Å². The van der Waals surface area contributed by atoms with Gasteiger partial charge in [0.1, 0.15) is 12.4 Å². The number of rotatable bonds is 10. The molecule has 0 bridgehead atoms. The molecule has 0 aliphatic carbocycles. The lowest BCUT2D eigenvalue weighted by atomic mass is 10.2. The Morgan fingerprint density at radius 3 is 2.31 bits per heavy atom. The molecule has 4 aromatic carbocycles. The fourth-order valence-corrected chi connectivity index (χ4v) is 4.70. The molecule has 194 valence electrons. The van der Waals surface area contributed by atoms with Gasteiger partial charge in [0.15, 0.2) is 11.0 Å². The molecule has 0 fully saturated rings. The van der Waals surface area contributed by atoms with Crippen molar-refractivity contribution in [3.05, 3.63) is 125 Å². The lowest BCUT2D eigenvalue weighted by molar-refractivity contribution is -0.118. The van der Waals surface area contributed by atoms with Gasteiger partial charge in [-0.2, -0.15) is 5.10 Å². The van der Waals surface area contributed by atoms with E-state index in [2.05, 4.69) is 36.7 Å². The summed E-state index contributed by atoms with van der Waals surface area (Å²) in [5.74, 6) is 1.36. The van der Waals surface area contributed by atoms with Crippen molar-refractivity contribution in [3.63, 3.8) is 0 Å². The van der Waals surface area contributed by atoms with E-state index in [1.54, 1.807) is 6.21 Å². The third-order valence-electron chi connectivity index (χ3n) is 5.61. The topological polar surface area (TPSA) is 81.4 Å². The third kappa shape index (κ3) is 7.22. The molecule has 0 atom stereocenters. The standard InChI is InChI=1S/C30H24BrN5O2S/c31-25-15-13-24(14-16-25)29-34-35-30(36(29)26-9-5-2-6-10-26)39-21-28(37)33-32-19-22-11-17-27(18-12-22)38-20-23-7-3-1-4-8-23/h1-19H,20-21H2,(H,33,37)/b32-19-. The Bertz CT molecular complexity index is 1540. The Balaban J connectivity index is 1.18. The van der Waals surface area contributed by atoms with Crippen LogP contribution in [0.5, 0.6) is 5.75 Å². The molecule has 9 heteroatoms. The third-order valence-corrected chi connectivity index (χ3v) is 7.07. The minimum atomic E-state index is -0.244. The lowest BCUT2D eigenvalue weighted by Crippen LogP contribution is -2.20. The summed E-state index contributed by atoms with van der Waals surface area (Å²) in [5.41, 5.74) is 6.37. The predicted molar refractivity (Wildman–Crippen MR) is 158 cm³/mol. The molecule has 0 aliphatic rings. The van der Waals surface area contributed by atoms with Gasteiger partial charge in [-0.3, -0.25) is 9.36 Å². The summed E-state index contributed by atoms with van der Waals surface area (Å²) in [5, 5.41) is 13.5. The first kappa shape index (κ1) is 26.4. The smallest absolute Gasteiger partial charge is 0.250 e. The van der Waals surface area contributed by atoms with E-state index in [4.69, 9.17) is 4.74 Å². The Kier molecular flexibility index (Phi) is 8.82. The maximum Gasteiger partial charge on any atom is 0.250 e. The van der Waals surface area contributed by atoms with Crippen LogP contribution in [0.25, 0.3) is 17.1 Å². The Labute approximate surface area is 239 Å². The van der Waals surface area contributed by atoms with Crippen LogP contribution in [0.15, 0.2) is 124 Å². The zero-order chi connectivity index (χ0) is 26.9. The fraction of sp³-hybridized carbons (Fsp3) is 0.0667. The average molecular weight is 599 g/mol. The molecule has 0 spiro atoms. The summed E-state index contributed by atoms with van der Waals surface area (Å²) >= 11 is 4.77. The summed E-state index contributed by atoms with van der Waals surface area (Å²) in [4.78, 5) is 12.5. The van der Waals surface area contributed by atoms with E-state index in [0.717, 1.165) is 32.6 Å². The molecule has 0 saturated carbocycles. The number of carbonyl (C=O) groups excluding carboxylic acids is 1. The molecular formula is C30H24BrN5O2S. The van der Waals surface area contributed by atoms with Crippen LogP contribution < -0.4 is 10.2 Å². The molecule has 0 radical (unpaired) electrons. The summed E-state index contributed by atoms with van der Waals surface area (Å²) in [6.07, 6.45) is 1.60. The molecule has 39 heavy (non-hydrogen) atoms. The van der Waals surface area contributed by atoms with Crippen molar-refractivity contribution >= 4 is 39.8 Å². The van der Waals surface area contributed by atoms with Crippen LogP contribution in [0, 0.1) is 0 Å². The maximum absolute atomic E-state index is 12.5. The fourth-order valence-electron chi connectivity index (χ4n) is 3.69. The molecular weight excluding hydrogens is 574 g/mol. The van der Waals surface area contributed by atoms with E-state index in [0.29, 0.717) is 17.6 Å². The molecule has 5 rings (SSSR count). The van der Waals surface area contributed by atoms with Gasteiger partial charge in [0.2, 0.25) is 0 Å². The number of carbonyl (C=O) groups is 1.